The summed E-state index contributed by atoms with van der Waals surface area (Å²) in [6, 6.07) is 7.50. The van der Waals surface area contributed by atoms with E-state index < -0.39 is 0 Å². The fraction of sp³-hybridized carbons (Fsp3) is 0.412. The van der Waals surface area contributed by atoms with Gasteiger partial charge in [-0.15, -0.1) is 0 Å². The molecule has 3 heterocycles. The van der Waals surface area contributed by atoms with Gasteiger partial charge in [0.1, 0.15) is 11.9 Å². The molecule has 1 saturated heterocycles. The van der Waals surface area contributed by atoms with Crippen molar-refractivity contribution in [3.63, 3.8) is 0 Å². The van der Waals surface area contributed by atoms with Gasteiger partial charge in [0.25, 0.3) is 0 Å². The van der Waals surface area contributed by atoms with Crippen molar-refractivity contribution in [2.24, 2.45) is 0 Å². The second-order valence-corrected chi connectivity index (χ2v) is 6.07. The normalized spacial score (nSPS) is 15.5. The highest BCUT2D eigenvalue weighted by Crippen LogP contribution is 2.14. The van der Waals surface area contributed by atoms with E-state index in [1.54, 1.807) is 23.1 Å². The average Bonchev–Trinajstić information content (AvgIpc) is 3.14. The Kier molecular flexibility index (Phi) is 5.14. The number of carbonyl (C=O) groups excluding carboxylic acids is 1. The number of hydrogen-bond acceptors (Lipinski definition) is 5. The zero-order valence-corrected chi connectivity index (χ0v) is 14.2. The molecule has 25 heavy (non-hydrogen) atoms. The highest BCUT2D eigenvalue weighted by Gasteiger charge is 2.22. The molecule has 0 radical (unpaired) electrons. The van der Waals surface area contributed by atoms with Gasteiger partial charge in [0, 0.05) is 50.8 Å². The van der Waals surface area contributed by atoms with E-state index in [0.29, 0.717) is 25.2 Å². The molecular formula is C17H21N7O. The Hall–Kier alpha value is -3.08. The average molecular weight is 339 g/mol. The van der Waals surface area contributed by atoms with Gasteiger partial charge >= 0.3 is 6.03 Å². The fourth-order valence-electron chi connectivity index (χ4n) is 2.81. The molecule has 0 aromatic carbocycles. The van der Waals surface area contributed by atoms with Gasteiger partial charge in [0.05, 0.1) is 12.1 Å². The first-order valence-electron chi connectivity index (χ1n) is 8.29. The lowest BCUT2D eigenvalue weighted by atomic mass is 10.2. The Bertz CT molecular complexity index is 727. The van der Waals surface area contributed by atoms with Crippen LogP contribution in [0.2, 0.25) is 0 Å². The van der Waals surface area contributed by atoms with Crippen LogP contribution in [0.25, 0.3) is 0 Å². The summed E-state index contributed by atoms with van der Waals surface area (Å²) in [4.78, 5) is 20.6. The molecule has 0 aliphatic carbocycles. The Morgan fingerprint density at radius 3 is 2.76 bits per heavy atom. The Labute approximate surface area is 146 Å². The molecule has 2 amide bonds. The van der Waals surface area contributed by atoms with E-state index in [0.717, 1.165) is 18.9 Å². The van der Waals surface area contributed by atoms with E-state index in [2.05, 4.69) is 26.4 Å². The van der Waals surface area contributed by atoms with Crippen LogP contribution in [0.5, 0.6) is 0 Å². The summed E-state index contributed by atoms with van der Waals surface area (Å²) >= 11 is 0. The third-order valence-corrected chi connectivity index (χ3v) is 4.16. The summed E-state index contributed by atoms with van der Waals surface area (Å²) in [7, 11) is 0. The second kappa shape index (κ2) is 7.66. The number of nitriles is 1. The third kappa shape index (κ3) is 4.26. The van der Waals surface area contributed by atoms with E-state index in [1.807, 2.05) is 30.2 Å². The standard InChI is InChI=1S/C17H21N7O/c1-14(13-24-6-2-5-20-24)21-17(25)23-9-7-22(8-10-23)16-4-3-15(11-18)12-19-16/h2-6,12,14H,7-10,13H2,1H3,(H,21,25). The molecule has 1 aliphatic heterocycles. The fourth-order valence-corrected chi connectivity index (χ4v) is 2.81. The van der Waals surface area contributed by atoms with Crippen molar-refractivity contribution < 1.29 is 4.79 Å². The quantitative estimate of drug-likeness (QED) is 0.900. The minimum absolute atomic E-state index is 0.00521. The Morgan fingerprint density at radius 2 is 2.16 bits per heavy atom. The lowest BCUT2D eigenvalue weighted by molar-refractivity contribution is 0.189. The maximum absolute atomic E-state index is 12.4. The number of pyridine rings is 1. The number of nitrogens with one attached hydrogen (secondary N) is 1. The smallest absolute Gasteiger partial charge is 0.317 e. The summed E-state index contributed by atoms with van der Waals surface area (Å²) in [6.45, 7) is 5.34. The number of hydrogen-bond donors (Lipinski definition) is 1. The highest BCUT2D eigenvalue weighted by molar-refractivity contribution is 5.74. The molecule has 0 saturated carbocycles. The molecule has 2 aromatic rings. The van der Waals surface area contributed by atoms with E-state index in [4.69, 9.17) is 5.26 Å². The zero-order valence-electron chi connectivity index (χ0n) is 14.2. The van der Waals surface area contributed by atoms with Crippen LogP contribution in [0.3, 0.4) is 0 Å². The molecule has 1 N–H and O–H groups in total. The van der Waals surface area contributed by atoms with Crippen molar-refractivity contribution in [3.8, 4) is 6.07 Å². The van der Waals surface area contributed by atoms with Crippen LogP contribution in [-0.4, -0.2) is 57.9 Å². The molecule has 2 aromatic heterocycles. The molecule has 3 rings (SSSR count). The van der Waals surface area contributed by atoms with Crippen molar-refractivity contribution in [3.05, 3.63) is 42.4 Å². The molecule has 0 spiro atoms. The van der Waals surface area contributed by atoms with E-state index in [9.17, 15) is 4.79 Å². The van der Waals surface area contributed by atoms with Gasteiger partial charge in [0.15, 0.2) is 0 Å². The Morgan fingerprint density at radius 1 is 1.36 bits per heavy atom. The second-order valence-electron chi connectivity index (χ2n) is 6.07. The van der Waals surface area contributed by atoms with Gasteiger partial charge < -0.3 is 15.1 Å². The number of urea groups is 1. The van der Waals surface area contributed by atoms with Gasteiger partial charge in [-0.3, -0.25) is 4.68 Å². The van der Waals surface area contributed by atoms with Gasteiger partial charge in [-0.25, -0.2) is 9.78 Å². The van der Waals surface area contributed by atoms with Crippen LogP contribution in [-0.2, 0) is 6.54 Å². The number of carbonyl (C=O) groups is 1. The minimum atomic E-state index is -0.0490. The summed E-state index contributed by atoms with van der Waals surface area (Å²) in [5.74, 6) is 0.839. The monoisotopic (exact) mass is 339 g/mol. The van der Waals surface area contributed by atoms with E-state index in [-0.39, 0.29) is 12.1 Å². The van der Waals surface area contributed by atoms with Crippen LogP contribution in [0, 0.1) is 11.3 Å². The van der Waals surface area contributed by atoms with Gasteiger partial charge in [-0.05, 0) is 25.1 Å². The molecule has 1 atom stereocenters. The number of rotatable bonds is 4. The van der Waals surface area contributed by atoms with Crippen molar-refractivity contribution in [2.75, 3.05) is 31.1 Å². The molecule has 8 nitrogen and oxygen atoms in total. The molecule has 130 valence electrons. The Balaban J connectivity index is 1.47. The SMILES string of the molecule is CC(Cn1cccn1)NC(=O)N1CCN(c2ccc(C#N)cn2)CC1. The first kappa shape index (κ1) is 16.8. The van der Waals surface area contributed by atoms with Crippen molar-refractivity contribution >= 4 is 11.8 Å². The number of anilines is 1. The molecule has 0 bridgehead atoms. The summed E-state index contributed by atoms with van der Waals surface area (Å²) in [5.41, 5.74) is 0.549. The molecule has 1 aliphatic rings. The van der Waals surface area contributed by atoms with Crippen LogP contribution in [0.1, 0.15) is 12.5 Å². The van der Waals surface area contributed by atoms with Gasteiger partial charge in [0.2, 0.25) is 0 Å². The first-order valence-corrected chi connectivity index (χ1v) is 8.29. The van der Waals surface area contributed by atoms with Crippen LogP contribution < -0.4 is 10.2 Å². The van der Waals surface area contributed by atoms with E-state index >= 15 is 0 Å². The van der Waals surface area contributed by atoms with Crippen molar-refractivity contribution in [1.82, 2.24) is 25.0 Å². The predicted octanol–water partition coefficient (Wildman–Crippen LogP) is 1.07. The zero-order chi connectivity index (χ0) is 17.6. The molecule has 1 fully saturated rings. The lowest BCUT2D eigenvalue weighted by Gasteiger charge is -2.35. The summed E-state index contributed by atoms with van der Waals surface area (Å²) in [6.07, 6.45) is 5.18. The van der Waals surface area contributed by atoms with Crippen LogP contribution in [0.4, 0.5) is 10.6 Å². The topological polar surface area (TPSA) is 90.1 Å². The van der Waals surface area contributed by atoms with Crippen LogP contribution >= 0.6 is 0 Å². The number of nitrogens with zero attached hydrogens (tertiary/aromatic N) is 6. The van der Waals surface area contributed by atoms with E-state index in [1.165, 1.54) is 0 Å². The summed E-state index contributed by atoms with van der Waals surface area (Å²) < 4.78 is 1.81. The maximum atomic E-state index is 12.4. The van der Waals surface area contributed by atoms with Crippen LogP contribution in [0.15, 0.2) is 36.8 Å². The molecular weight excluding hydrogens is 318 g/mol. The van der Waals surface area contributed by atoms with Gasteiger partial charge in [-0.1, -0.05) is 0 Å². The largest absolute Gasteiger partial charge is 0.353 e. The van der Waals surface area contributed by atoms with Crippen molar-refractivity contribution in [1.29, 1.82) is 5.26 Å². The third-order valence-electron chi connectivity index (χ3n) is 4.16. The number of piperazine rings is 1. The predicted molar refractivity (Wildman–Crippen MR) is 93.0 cm³/mol. The highest BCUT2D eigenvalue weighted by atomic mass is 16.2. The number of amides is 2. The number of aromatic nitrogens is 3. The summed E-state index contributed by atoms with van der Waals surface area (Å²) in [5, 5.41) is 16.0. The van der Waals surface area contributed by atoms with Gasteiger partial charge in [-0.2, -0.15) is 10.4 Å². The minimum Gasteiger partial charge on any atom is -0.353 e. The lowest BCUT2D eigenvalue weighted by Crippen LogP contribution is -2.53. The van der Waals surface area contributed by atoms with Crippen molar-refractivity contribution in [2.45, 2.75) is 19.5 Å². The maximum Gasteiger partial charge on any atom is 0.317 e. The first-order chi connectivity index (χ1) is 12.2. The molecule has 8 heteroatoms. The molecule has 1 unspecified atom stereocenters.